The van der Waals surface area contributed by atoms with E-state index in [0.717, 1.165) is 18.4 Å². The number of carbonyl (C=O) groups is 1. The summed E-state index contributed by atoms with van der Waals surface area (Å²) in [6.45, 7) is 0.706. The molecule has 4 rings (SSSR count). The van der Waals surface area contributed by atoms with E-state index in [0.29, 0.717) is 25.3 Å². The van der Waals surface area contributed by atoms with Crippen LogP contribution in [0.3, 0.4) is 0 Å². The maximum Gasteiger partial charge on any atom is 0.273 e. The monoisotopic (exact) mass is 426 g/mol. The van der Waals surface area contributed by atoms with E-state index in [2.05, 4.69) is 15.5 Å². The second-order valence-electron chi connectivity index (χ2n) is 7.10. The molecular formula is C21H22N4O4S. The summed E-state index contributed by atoms with van der Waals surface area (Å²) in [4.78, 5) is 16.7. The number of amides is 1. The third kappa shape index (κ3) is 4.27. The first-order chi connectivity index (χ1) is 14.6. The number of piperidine rings is 1. The standard InChI is InChI=1S/C21H22N4O4S/c26-21(23-15-16-7-6-11-22-14-16)18-13-20(29-24-18)19-10-4-5-12-25(19)30(27,28)17-8-2-1-3-9-17/h1-3,6-9,11,13-14,19H,4-5,10,12,15H2,(H,23,26). The van der Waals surface area contributed by atoms with Gasteiger partial charge >= 0.3 is 0 Å². The Morgan fingerprint density at radius 3 is 2.77 bits per heavy atom. The van der Waals surface area contributed by atoms with Gasteiger partial charge < -0.3 is 9.84 Å². The molecule has 1 fully saturated rings. The van der Waals surface area contributed by atoms with E-state index in [1.165, 1.54) is 10.4 Å². The molecule has 1 saturated heterocycles. The van der Waals surface area contributed by atoms with Crippen LogP contribution in [0.15, 0.2) is 70.3 Å². The van der Waals surface area contributed by atoms with Gasteiger partial charge in [0.15, 0.2) is 11.5 Å². The fourth-order valence-electron chi connectivity index (χ4n) is 3.53. The van der Waals surface area contributed by atoms with Crippen molar-refractivity contribution in [3.63, 3.8) is 0 Å². The molecule has 3 heterocycles. The fraction of sp³-hybridized carbons (Fsp3) is 0.286. The van der Waals surface area contributed by atoms with Crippen LogP contribution in [0.2, 0.25) is 0 Å². The van der Waals surface area contributed by atoms with Crippen LogP contribution in [-0.2, 0) is 16.6 Å². The van der Waals surface area contributed by atoms with E-state index in [1.807, 2.05) is 6.07 Å². The van der Waals surface area contributed by atoms with Crippen LogP contribution in [0, 0.1) is 0 Å². The minimum Gasteiger partial charge on any atom is -0.359 e. The molecular weight excluding hydrogens is 404 g/mol. The summed E-state index contributed by atoms with van der Waals surface area (Å²) in [5.41, 5.74) is 0.985. The Morgan fingerprint density at radius 1 is 1.17 bits per heavy atom. The first-order valence-corrected chi connectivity index (χ1v) is 11.2. The molecule has 30 heavy (non-hydrogen) atoms. The number of benzene rings is 1. The Kier molecular flexibility index (Phi) is 5.91. The number of pyridine rings is 1. The van der Waals surface area contributed by atoms with Gasteiger partial charge in [0.2, 0.25) is 10.0 Å². The van der Waals surface area contributed by atoms with E-state index in [-0.39, 0.29) is 16.5 Å². The summed E-state index contributed by atoms with van der Waals surface area (Å²) in [6.07, 6.45) is 5.58. The summed E-state index contributed by atoms with van der Waals surface area (Å²) in [5, 5.41) is 6.63. The van der Waals surface area contributed by atoms with Gasteiger partial charge in [-0.3, -0.25) is 9.78 Å². The zero-order valence-electron chi connectivity index (χ0n) is 16.3. The van der Waals surface area contributed by atoms with Crippen molar-refractivity contribution in [3.05, 3.63) is 77.9 Å². The second-order valence-corrected chi connectivity index (χ2v) is 8.99. The highest BCUT2D eigenvalue weighted by atomic mass is 32.2. The molecule has 0 aliphatic carbocycles. The minimum atomic E-state index is -3.68. The Hall–Kier alpha value is -3.04. The summed E-state index contributed by atoms with van der Waals surface area (Å²) in [6, 6.07) is 13.0. The summed E-state index contributed by atoms with van der Waals surface area (Å²) >= 11 is 0. The van der Waals surface area contributed by atoms with E-state index in [9.17, 15) is 13.2 Å². The predicted molar refractivity (Wildman–Crippen MR) is 109 cm³/mol. The van der Waals surface area contributed by atoms with Crippen LogP contribution in [0.4, 0.5) is 0 Å². The Bertz CT molecular complexity index is 1100. The maximum atomic E-state index is 13.1. The summed E-state index contributed by atoms with van der Waals surface area (Å²) in [5.74, 6) is -0.0112. The second kappa shape index (κ2) is 8.76. The van der Waals surface area contributed by atoms with Crippen molar-refractivity contribution in [2.24, 2.45) is 0 Å². The highest BCUT2D eigenvalue weighted by molar-refractivity contribution is 7.89. The Morgan fingerprint density at radius 2 is 2.00 bits per heavy atom. The molecule has 9 heteroatoms. The lowest BCUT2D eigenvalue weighted by Crippen LogP contribution is -2.38. The average Bonchev–Trinajstić information content (AvgIpc) is 3.29. The van der Waals surface area contributed by atoms with Gasteiger partial charge in [0.05, 0.1) is 10.9 Å². The van der Waals surface area contributed by atoms with Crippen LogP contribution in [-0.4, -0.2) is 35.3 Å². The lowest BCUT2D eigenvalue weighted by Gasteiger charge is -2.33. The van der Waals surface area contributed by atoms with Gasteiger partial charge in [0.25, 0.3) is 5.91 Å². The van der Waals surface area contributed by atoms with Gasteiger partial charge in [-0.05, 0) is 36.6 Å². The van der Waals surface area contributed by atoms with E-state index in [4.69, 9.17) is 4.52 Å². The highest BCUT2D eigenvalue weighted by Crippen LogP contribution is 2.35. The van der Waals surface area contributed by atoms with Crippen molar-refractivity contribution < 1.29 is 17.7 Å². The molecule has 8 nitrogen and oxygen atoms in total. The first kappa shape index (κ1) is 20.2. The molecule has 1 N–H and O–H groups in total. The number of hydrogen-bond acceptors (Lipinski definition) is 6. The molecule has 2 aromatic heterocycles. The van der Waals surface area contributed by atoms with Crippen molar-refractivity contribution in [2.75, 3.05) is 6.54 Å². The zero-order chi connectivity index (χ0) is 21.0. The van der Waals surface area contributed by atoms with Crippen molar-refractivity contribution in [3.8, 4) is 0 Å². The molecule has 1 atom stereocenters. The third-order valence-electron chi connectivity index (χ3n) is 5.07. The average molecular weight is 426 g/mol. The molecule has 0 radical (unpaired) electrons. The van der Waals surface area contributed by atoms with Crippen molar-refractivity contribution in [1.82, 2.24) is 19.8 Å². The quantitative estimate of drug-likeness (QED) is 0.650. The maximum absolute atomic E-state index is 13.1. The third-order valence-corrected chi connectivity index (χ3v) is 6.99. The number of aromatic nitrogens is 2. The summed E-state index contributed by atoms with van der Waals surface area (Å²) in [7, 11) is -3.68. The molecule has 1 aliphatic rings. The fourth-order valence-corrected chi connectivity index (χ4v) is 5.22. The zero-order valence-corrected chi connectivity index (χ0v) is 17.1. The number of rotatable bonds is 6. The van der Waals surface area contributed by atoms with Crippen LogP contribution < -0.4 is 5.32 Å². The van der Waals surface area contributed by atoms with Crippen LogP contribution in [0.1, 0.15) is 47.1 Å². The number of nitrogens with zero attached hydrogens (tertiary/aromatic N) is 3. The number of sulfonamides is 1. The van der Waals surface area contributed by atoms with Crippen molar-refractivity contribution >= 4 is 15.9 Å². The molecule has 1 aromatic carbocycles. The molecule has 156 valence electrons. The molecule has 0 saturated carbocycles. The van der Waals surface area contributed by atoms with Crippen LogP contribution in [0.25, 0.3) is 0 Å². The number of nitrogens with one attached hydrogen (secondary N) is 1. The highest BCUT2D eigenvalue weighted by Gasteiger charge is 2.36. The molecule has 1 unspecified atom stereocenters. The lowest BCUT2D eigenvalue weighted by atomic mass is 10.0. The van der Waals surface area contributed by atoms with Crippen LogP contribution >= 0.6 is 0 Å². The van der Waals surface area contributed by atoms with Crippen LogP contribution in [0.5, 0.6) is 0 Å². The number of carbonyl (C=O) groups excluding carboxylic acids is 1. The van der Waals surface area contributed by atoms with E-state index >= 15 is 0 Å². The molecule has 1 amide bonds. The van der Waals surface area contributed by atoms with Gasteiger partial charge in [-0.15, -0.1) is 0 Å². The Balaban J connectivity index is 1.51. The molecule has 0 spiro atoms. The topological polar surface area (TPSA) is 105 Å². The van der Waals surface area contributed by atoms with Gasteiger partial charge in [0, 0.05) is 31.5 Å². The van der Waals surface area contributed by atoms with E-state index in [1.54, 1.807) is 48.8 Å². The lowest BCUT2D eigenvalue weighted by molar-refractivity contribution is 0.0941. The van der Waals surface area contributed by atoms with Crippen molar-refractivity contribution in [1.29, 1.82) is 0 Å². The normalized spacial score (nSPS) is 17.5. The molecule has 0 bridgehead atoms. The minimum absolute atomic E-state index is 0.122. The largest absolute Gasteiger partial charge is 0.359 e. The first-order valence-electron chi connectivity index (χ1n) is 9.76. The predicted octanol–water partition coefficient (Wildman–Crippen LogP) is 2.92. The SMILES string of the molecule is O=C(NCc1cccnc1)c1cc(C2CCCCN2S(=O)(=O)c2ccccc2)on1. The molecule has 3 aromatic rings. The van der Waals surface area contributed by atoms with E-state index < -0.39 is 16.1 Å². The Labute approximate surface area is 175 Å². The summed E-state index contributed by atoms with van der Waals surface area (Å²) < 4.78 is 33.2. The van der Waals surface area contributed by atoms with Gasteiger partial charge in [0.1, 0.15) is 0 Å². The molecule has 1 aliphatic heterocycles. The van der Waals surface area contributed by atoms with Crippen molar-refractivity contribution in [2.45, 2.75) is 36.7 Å². The van der Waals surface area contributed by atoms with Gasteiger partial charge in [-0.25, -0.2) is 8.42 Å². The smallest absolute Gasteiger partial charge is 0.273 e. The van der Waals surface area contributed by atoms with Gasteiger partial charge in [-0.2, -0.15) is 4.31 Å². The number of hydrogen-bond donors (Lipinski definition) is 1. The van der Waals surface area contributed by atoms with Gasteiger partial charge in [-0.1, -0.05) is 35.8 Å².